The Labute approximate surface area is 116 Å². The van der Waals surface area contributed by atoms with Crippen molar-refractivity contribution in [2.45, 2.75) is 13.8 Å². The molecule has 0 saturated heterocycles. The zero-order chi connectivity index (χ0) is 7.84. The predicted octanol–water partition coefficient (Wildman–Crippen LogP) is -2.82. The molecule has 2 aromatic carbocycles. The Morgan fingerprint density at radius 1 is 0.929 bits per heavy atom. The molecule has 14 heavy (non-hydrogen) atoms. The second-order valence-corrected chi connectivity index (χ2v) is 3.05. The molecule has 76 valence electrons. The number of fused-ring (bicyclic) bond motifs is 1. The first-order chi connectivity index (χ1) is 5.29. The Hall–Kier alpha value is 0.280. The predicted molar refractivity (Wildman–Crippen MR) is 49.0 cm³/mol. The molecule has 0 nitrogen and oxygen atoms in total. The summed E-state index contributed by atoms with van der Waals surface area (Å²) in [5.74, 6) is 0. The van der Waals surface area contributed by atoms with E-state index in [1.54, 1.807) is 0 Å². The maximum Gasteiger partial charge on any atom is 0 e. The molecule has 0 unspecified atom stereocenters. The van der Waals surface area contributed by atoms with E-state index in [1.807, 2.05) is 0 Å². The van der Waals surface area contributed by atoms with Crippen molar-refractivity contribution in [1.29, 1.82) is 0 Å². The monoisotopic (exact) mass is 393 g/mol. The SMILES string of the molecule is Cc1ccc(C)c2[cH-]ccc12.[Cl-].[Cl-].[Hf]. The van der Waals surface area contributed by atoms with Crippen LogP contribution in [-0.4, -0.2) is 0 Å². The Morgan fingerprint density at radius 3 is 2.07 bits per heavy atom. The third-order valence-corrected chi connectivity index (χ3v) is 2.25. The molecule has 0 aliphatic heterocycles. The molecular weight excluding hydrogens is 382 g/mol. The molecular formula is C11H11Cl2Hf-3. The first-order valence-electron chi connectivity index (χ1n) is 3.90. The number of aryl methyl sites for hydroxylation is 2. The van der Waals surface area contributed by atoms with Crippen LogP contribution >= 0.6 is 0 Å². The van der Waals surface area contributed by atoms with E-state index in [1.165, 1.54) is 21.9 Å². The molecule has 0 radical (unpaired) electrons. The fourth-order valence-corrected chi connectivity index (χ4v) is 1.54. The van der Waals surface area contributed by atoms with Crippen LogP contribution in [-0.2, 0) is 25.8 Å². The van der Waals surface area contributed by atoms with Crippen LogP contribution in [0.25, 0.3) is 10.8 Å². The zero-order valence-electron chi connectivity index (χ0n) is 8.14. The van der Waals surface area contributed by atoms with Gasteiger partial charge in [0.25, 0.3) is 0 Å². The molecule has 0 saturated carbocycles. The van der Waals surface area contributed by atoms with Gasteiger partial charge in [-0.2, -0.15) is 12.1 Å². The summed E-state index contributed by atoms with van der Waals surface area (Å²) in [5.41, 5.74) is 2.74. The van der Waals surface area contributed by atoms with Crippen molar-refractivity contribution in [2.75, 3.05) is 0 Å². The third kappa shape index (κ3) is 2.88. The molecule has 0 amide bonds. The number of halogens is 2. The fraction of sp³-hybridized carbons (Fsp3) is 0.182. The quantitative estimate of drug-likeness (QED) is 0.335. The average Bonchev–Trinajstić information content (AvgIpc) is 2.45. The Balaban J connectivity index is 0. The Bertz CT molecular complexity index is 357. The summed E-state index contributed by atoms with van der Waals surface area (Å²) >= 11 is 0. The van der Waals surface area contributed by atoms with Crippen LogP contribution < -0.4 is 24.8 Å². The summed E-state index contributed by atoms with van der Waals surface area (Å²) in [4.78, 5) is 0. The smallest absolute Gasteiger partial charge is 0 e. The van der Waals surface area contributed by atoms with Gasteiger partial charge < -0.3 is 24.8 Å². The van der Waals surface area contributed by atoms with E-state index < -0.39 is 0 Å². The summed E-state index contributed by atoms with van der Waals surface area (Å²) in [6.07, 6.45) is 0. The minimum absolute atomic E-state index is 0. The van der Waals surface area contributed by atoms with Crippen molar-refractivity contribution in [1.82, 2.24) is 0 Å². The van der Waals surface area contributed by atoms with Crippen LogP contribution in [0.5, 0.6) is 0 Å². The summed E-state index contributed by atoms with van der Waals surface area (Å²) in [6, 6.07) is 10.8. The molecule has 0 aliphatic rings. The van der Waals surface area contributed by atoms with Gasteiger partial charge in [-0.25, -0.2) is 0 Å². The van der Waals surface area contributed by atoms with Gasteiger partial charge in [-0.1, -0.05) is 18.6 Å². The summed E-state index contributed by atoms with van der Waals surface area (Å²) < 4.78 is 0. The minimum atomic E-state index is 0. The topological polar surface area (TPSA) is 0 Å². The van der Waals surface area contributed by atoms with E-state index in [4.69, 9.17) is 0 Å². The van der Waals surface area contributed by atoms with Crippen molar-refractivity contribution in [3.8, 4) is 0 Å². The third-order valence-electron chi connectivity index (χ3n) is 2.25. The Kier molecular flexibility index (Phi) is 8.00. The summed E-state index contributed by atoms with van der Waals surface area (Å²) in [5, 5.41) is 2.79. The summed E-state index contributed by atoms with van der Waals surface area (Å²) in [7, 11) is 0. The molecule has 0 bridgehead atoms. The van der Waals surface area contributed by atoms with Crippen LogP contribution in [0.1, 0.15) is 11.1 Å². The number of hydrogen-bond acceptors (Lipinski definition) is 0. The molecule has 0 atom stereocenters. The number of hydrogen-bond donors (Lipinski definition) is 0. The molecule has 0 spiro atoms. The first-order valence-corrected chi connectivity index (χ1v) is 3.90. The fourth-order valence-electron chi connectivity index (χ4n) is 1.54. The van der Waals surface area contributed by atoms with Crippen LogP contribution in [0.4, 0.5) is 0 Å². The number of benzene rings is 1. The average molecular weight is 393 g/mol. The van der Waals surface area contributed by atoms with Crippen molar-refractivity contribution in [3.63, 3.8) is 0 Å². The van der Waals surface area contributed by atoms with E-state index >= 15 is 0 Å². The van der Waals surface area contributed by atoms with Crippen molar-refractivity contribution >= 4 is 10.8 Å². The maximum absolute atomic E-state index is 2.18. The van der Waals surface area contributed by atoms with Crippen LogP contribution in [0.15, 0.2) is 30.3 Å². The van der Waals surface area contributed by atoms with Gasteiger partial charge in [-0.3, -0.25) is 0 Å². The molecule has 0 aromatic heterocycles. The van der Waals surface area contributed by atoms with E-state index in [0.717, 1.165) is 0 Å². The second-order valence-electron chi connectivity index (χ2n) is 3.05. The maximum atomic E-state index is 2.18. The summed E-state index contributed by atoms with van der Waals surface area (Å²) in [6.45, 7) is 4.31. The molecule has 0 heterocycles. The first kappa shape index (κ1) is 16.7. The van der Waals surface area contributed by atoms with E-state index in [0.29, 0.717) is 0 Å². The van der Waals surface area contributed by atoms with Gasteiger partial charge in [0, 0.05) is 25.8 Å². The number of rotatable bonds is 0. The van der Waals surface area contributed by atoms with Gasteiger partial charge in [0.05, 0.1) is 0 Å². The van der Waals surface area contributed by atoms with Crippen LogP contribution in [0, 0.1) is 13.8 Å². The van der Waals surface area contributed by atoms with Crippen LogP contribution in [0.2, 0.25) is 0 Å². The van der Waals surface area contributed by atoms with E-state index in [9.17, 15) is 0 Å². The van der Waals surface area contributed by atoms with Gasteiger partial charge >= 0.3 is 0 Å². The van der Waals surface area contributed by atoms with Crippen molar-refractivity contribution in [3.05, 3.63) is 41.5 Å². The molecule has 3 heteroatoms. The van der Waals surface area contributed by atoms with Crippen molar-refractivity contribution < 1.29 is 50.7 Å². The molecule has 2 rings (SSSR count). The Morgan fingerprint density at radius 2 is 1.50 bits per heavy atom. The van der Waals surface area contributed by atoms with Crippen molar-refractivity contribution in [2.24, 2.45) is 0 Å². The molecule has 0 aliphatic carbocycles. The van der Waals surface area contributed by atoms with Gasteiger partial charge in [0.2, 0.25) is 0 Å². The zero-order valence-corrected chi connectivity index (χ0v) is 13.2. The van der Waals surface area contributed by atoms with Gasteiger partial charge in [0.15, 0.2) is 0 Å². The van der Waals surface area contributed by atoms with E-state index in [2.05, 4.69) is 44.2 Å². The van der Waals surface area contributed by atoms with E-state index in [-0.39, 0.29) is 50.7 Å². The van der Waals surface area contributed by atoms with Gasteiger partial charge in [0.1, 0.15) is 0 Å². The molecule has 0 N–H and O–H groups in total. The second kappa shape index (κ2) is 6.71. The normalized spacial score (nSPS) is 8.43. The standard InChI is InChI=1S/C11H11.2ClH.Hf/c1-8-6-7-9(2)11-5-3-4-10(8)11;;;/h3-7H,1-2H3;2*1H;/q-1;;;/p-2. The molecule has 2 aromatic rings. The largest absolute Gasteiger partial charge is 1.00 e. The van der Waals surface area contributed by atoms with Crippen LogP contribution in [0.3, 0.4) is 0 Å². The van der Waals surface area contributed by atoms with Gasteiger partial charge in [-0.15, -0.1) is 28.5 Å². The minimum Gasteiger partial charge on any atom is -1.00 e. The van der Waals surface area contributed by atoms with Gasteiger partial charge in [-0.05, 0) is 6.92 Å². The molecule has 0 fully saturated rings.